The molecule has 0 N–H and O–H groups in total. The quantitative estimate of drug-likeness (QED) is 0.516. The third-order valence-corrected chi connectivity index (χ3v) is 6.83. The Bertz CT molecular complexity index is 1150. The summed E-state index contributed by atoms with van der Waals surface area (Å²) in [6.07, 6.45) is 2.15. The van der Waals surface area contributed by atoms with Gasteiger partial charge in [0.1, 0.15) is 0 Å². The van der Waals surface area contributed by atoms with E-state index in [0.29, 0.717) is 5.92 Å². The van der Waals surface area contributed by atoms with Crippen molar-refractivity contribution in [3.63, 3.8) is 0 Å². The number of hydrogen-bond donors (Lipinski definition) is 0. The van der Waals surface area contributed by atoms with E-state index in [9.17, 15) is 4.79 Å². The lowest BCUT2D eigenvalue weighted by Gasteiger charge is -2.33. The minimum atomic E-state index is 0.0528. The molecular weight excluding hydrogens is 354 g/mol. The summed E-state index contributed by atoms with van der Waals surface area (Å²) in [6.45, 7) is 1.91. The molecular formula is C22H21N3OS. The molecule has 2 aromatic heterocycles. The molecule has 0 bridgehead atoms. The molecule has 0 radical (unpaired) electrons. The number of anilines is 1. The predicted molar refractivity (Wildman–Crippen MR) is 113 cm³/mol. The van der Waals surface area contributed by atoms with E-state index in [1.807, 2.05) is 36.6 Å². The molecule has 1 aliphatic rings. The Labute approximate surface area is 161 Å². The normalized spacial score (nSPS) is 15.7. The van der Waals surface area contributed by atoms with Crippen molar-refractivity contribution in [2.24, 2.45) is 7.05 Å². The minimum absolute atomic E-state index is 0.0528. The van der Waals surface area contributed by atoms with Gasteiger partial charge in [0.25, 0.3) is 5.56 Å². The van der Waals surface area contributed by atoms with Crippen molar-refractivity contribution in [3.05, 3.63) is 70.0 Å². The van der Waals surface area contributed by atoms with Gasteiger partial charge in [0.2, 0.25) is 0 Å². The minimum Gasteiger partial charge on any atom is -0.371 e. The molecule has 1 fully saturated rings. The van der Waals surface area contributed by atoms with E-state index in [1.54, 1.807) is 10.6 Å². The summed E-state index contributed by atoms with van der Waals surface area (Å²) in [5, 5.41) is 2.41. The number of piperidine rings is 1. The molecule has 1 saturated heterocycles. The van der Waals surface area contributed by atoms with E-state index in [-0.39, 0.29) is 5.56 Å². The molecule has 0 atom stereocenters. The smallest absolute Gasteiger partial charge is 0.252 e. The Hall–Kier alpha value is -2.66. The first-order valence-electron chi connectivity index (χ1n) is 9.40. The molecule has 0 unspecified atom stereocenters. The molecule has 4 aromatic rings. The topological polar surface area (TPSA) is 38.1 Å². The Morgan fingerprint density at radius 1 is 1.04 bits per heavy atom. The molecule has 1 aliphatic heterocycles. The molecule has 4 nitrogen and oxygen atoms in total. The van der Waals surface area contributed by atoms with E-state index >= 15 is 0 Å². The maximum Gasteiger partial charge on any atom is 0.252 e. The van der Waals surface area contributed by atoms with Crippen LogP contribution in [0.1, 0.15) is 23.8 Å². The number of pyridine rings is 1. The van der Waals surface area contributed by atoms with Crippen molar-refractivity contribution in [3.8, 4) is 0 Å². The average molecular weight is 375 g/mol. The van der Waals surface area contributed by atoms with Crippen LogP contribution in [0.2, 0.25) is 0 Å². The number of para-hydroxylation sites is 2. The highest BCUT2D eigenvalue weighted by molar-refractivity contribution is 7.18. The first-order valence-corrected chi connectivity index (χ1v) is 10.2. The van der Waals surface area contributed by atoms with E-state index in [4.69, 9.17) is 4.98 Å². The van der Waals surface area contributed by atoms with Crippen molar-refractivity contribution < 1.29 is 0 Å². The molecule has 0 spiro atoms. The molecule has 136 valence electrons. The standard InChI is InChI=1S/C22H21N3OS/c1-24-18-8-4-2-6-16(18)19(14-21(24)26)25-12-10-15(11-13-25)22-23-17-7-3-5-9-20(17)27-22/h2-9,14-15H,10-13H2,1H3. The zero-order chi connectivity index (χ0) is 18.4. The number of aryl methyl sites for hydroxylation is 1. The molecule has 27 heavy (non-hydrogen) atoms. The Kier molecular flexibility index (Phi) is 3.97. The van der Waals surface area contributed by atoms with Crippen LogP contribution in [-0.4, -0.2) is 22.6 Å². The van der Waals surface area contributed by atoms with E-state index in [2.05, 4.69) is 35.2 Å². The van der Waals surface area contributed by atoms with Gasteiger partial charge in [-0.15, -0.1) is 11.3 Å². The second-order valence-corrected chi connectivity index (χ2v) is 8.29. The molecule has 0 aliphatic carbocycles. The maximum absolute atomic E-state index is 12.4. The van der Waals surface area contributed by atoms with Crippen LogP contribution < -0.4 is 10.5 Å². The third kappa shape index (κ3) is 2.82. The number of nitrogens with zero attached hydrogens (tertiary/aromatic N) is 3. The Morgan fingerprint density at radius 3 is 2.59 bits per heavy atom. The van der Waals surface area contributed by atoms with Gasteiger partial charge in [0.15, 0.2) is 0 Å². The fraction of sp³-hybridized carbons (Fsp3) is 0.273. The molecule has 3 heterocycles. The largest absolute Gasteiger partial charge is 0.371 e. The second kappa shape index (κ2) is 6.50. The molecule has 5 heteroatoms. The van der Waals surface area contributed by atoms with Crippen molar-refractivity contribution >= 4 is 38.1 Å². The SMILES string of the molecule is Cn1c(=O)cc(N2CCC(c3nc4ccccc4s3)CC2)c2ccccc21. The maximum atomic E-state index is 12.4. The second-order valence-electron chi connectivity index (χ2n) is 7.23. The van der Waals surface area contributed by atoms with Crippen LogP contribution in [0, 0.1) is 0 Å². The zero-order valence-electron chi connectivity index (χ0n) is 15.3. The van der Waals surface area contributed by atoms with Crippen molar-refractivity contribution in [1.82, 2.24) is 9.55 Å². The van der Waals surface area contributed by atoms with Gasteiger partial charge in [-0.3, -0.25) is 4.79 Å². The fourth-order valence-electron chi connectivity index (χ4n) is 4.09. The summed E-state index contributed by atoms with van der Waals surface area (Å²) in [5.41, 5.74) is 3.22. The summed E-state index contributed by atoms with van der Waals surface area (Å²) in [7, 11) is 1.84. The summed E-state index contributed by atoms with van der Waals surface area (Å²) >= 11 is 1.82. The van der Waals surface area contributed by atoms with E-state index in [0.717, 1.165) is 48.0 Å². The van der Waals surface area contributed by atoms with Crippen LogP contribution in [0.5, 0.6) is 0 Å². The predicted octanol–water partition coefficient (Wildman–Crippen LogP) is 4.53. The Morgan fingerprint density at radius 2 is 1.78 bits per heavy atom. The number of benzene rings is 2. The third-order valence-electron chi connectivity index (χ3n) is 5.63. The van der Waals surface area contributed by atoms with Gasteiger partial charge in [-0.2, -0.15) is 0 Å². The van der Waals surface area contributed by atoms with Crippen molar-refractivity contribution in [1.29, 1.82) is 0 Å². The van der Waals surface area contributed by atoms with Gasteiger partial charge < -0.3 is 9.47 Å². The van der Waals surface area contributed by atoms with E-state index in [1.165, 1.54) is 9.71 Å². The van der Waals surface area contributed by atoms with Crippen LogP contribution in [0.15, 0.2) is 59.4 Å². The number of fused-ring (bicyclic) bond motifs is 2. The van der Waals surface area contributed by atoms with Gasteiger partial charge >= 0.3 is 0 Å². The number of hydrogen-bond acceptors (Lipinski definition) is 4. The van der Waals surface area contributed by atoms with Gasteiger partial charge in [-0.1, -0.05) is 30.3 Å². The first kappa shape index (κ1) is 16.5. The number of rotatable bonds is 2. The average Bonchev–Trinajstić information content (AvgIpc) is 3.15. The van der Waals surface area contributed by atoms with Crippen LogP contribution in [0.4, 0.5) is 5.69 Å². The van der Waals surface area contributed by atoms with E-state index < -0.39 is 0 Å². The molecule has 2 aromatic carbocycles. The summed E-state index contributed by atoms with van der Waals surface area (Å²) in [5.74, 6) is 0.511. The lowest BCUT2D eigenvalue weighted by molar-refractivity contribution is 0.505. The molecule has 0 saturated carbocycles. The summed E-state index contributed by atoms with van der Waals surface area (Å²) in [6, 6.07) is 18.3. The summed E-state index contributed by atoms with van der Waals surface area (Å²) < 4.78 is 3.00. The fourth-order valence-corrected chi connectivity index (χ4v) is 5.22. The van der Waals surface area contributed by atoms with Crippen molar-refractivity contribution in [2.45, 2.75) is 18.8 Å². The monoisotopic (exact) mass is 375 g/mol. The molecule has 5 rings (SSSR count). The lowest BCUT2D eigenvalue weighted by atomic mass is 9.96. The van der Waals surface area contributed by atoms with Crippen LogP contribution >= 0.6 is 11.3 Å². The van der Waals surface area contributed by atoms with Gasteiger partial charge in [0, 0.05) is 37.5 Å². The van der Waals surface area contributed by atoms with Gasteiger partial charge in [0.05, 0.1) is 26.4 Å². The highest BCUT2D eigenvalue weighted by Gasteiger charge is 2.24. The van der Waals surface area contributed by atoms with Crippen LogP contribution in [0.3, 0.4) is 0 Å². The van der Waals surface area contributed by atoms with Crippen molar-refractivity contribution in [2.75, 3.05) is 18.0 Å². The van der Waals surface area contributed by atoms with Crippen LogP contribution in [0.25, 0.3) is 21.1 Å². The zero-order valence-corrected chi connectivity index (χ0v) is 16.1. The van der Waals surface area contributed by atoms with Crippen LogP contribution in [-0.2, 0) is 7.05 Å². The van der Waals surface area contributed by atoms with Gasteiger partial charge in [-0.25, -0.2) is 4.98 Å². The molecule has 0 amide bonds. The highest BCUT2D eigenvalue weighted by atomic mass is 32.1. The Balaban J connectivity index is 1.43. The lowest BCUT2D eigenvalue weighted by Crippen LogP contribution is -2.34. The highest BCUT2D eigenvalue weighted by Crippen LogP contribution is 2.36. The van der Waals surface area contributed by atoms with Gasteiger partial charge in [-0.05, 0) is 31.0 Å². The number of thiazole rings is 1. The number of aromatic nitrogens is 2. The first-order chi connectivity index (χ1) is 13.2. The summed E-state index contributed by atoms with van der Waals surface area (Å²) in [4.78, 5) is 19.6.